The van der Waals surface area contributed by atoms with Gasteiger partial charge in [-0.25, -0.2) is 4.39 Å². The maximum Gasteiger partial charge on any atom is 0.137 e. The van der Waals surface area contributed by atoms with Crippen LogP contribution in [0.15, 0.2) is 34.8 Å². The molecule has 0 aromatic heterocycles. The number of allylic oxidation sites excluding steroid dienone is 6. The Bertz CT molecular complexity index is 373. The van der Waals surface area contributed by atoms with Crippen molar-refractivity contribution in [3.8, 4) is 0 Å². The van der Waals surface area contributed by atoms with Gasteiger partial charge in [0, 0.05) is 12.7 Å². The molecule has 1 aliphatic rings. The third kappa shape index (κ3) is 2.17. The van der Waals surface area contributed by atoms with Crippen molar-refractivity contribution in [3.63, 3.8) is 0 Å². The lowest BCUT2D eigenvalue weighted by Gasteiger charge is -2.19. The molecule has 0 saturated heterocycles. The van der Waals surface area contributed by atoms with Crippen LogP contribution in [0.5, 0.6) is 0 Å². The third-order valence-corrected chi connectivity index (χ3v) is 2.45. The van der Waals surface area contributed by atoms with Crippen molar-refractivity contribution in [2.45, 2.75) is 20.8 Å². The van der Waals surface area contributed by atoms with Crippen LogP contribution < -0.4 is 5.32 Å². The Morgan fingerprint density at radius 1 is 1.40 bits per heavy atom. The van der Waals surface area contributed by atoms with Crippen LogP contribution in [0.3, 0.4) is 0 Å². The van der Waals surface area contributed by atoms with E-state index in [2.05, 4.69) is 5.32 Å². The molecule has 0 atom stereocenters. The van der Waals surface area contributed by atoms with E-state index in [0.717, 1.165) is 5.70 Å². The Kier molecular flexibility index (Phi) is 3.45. The fourth-order valence-corrected chi connectivity index (χ4v) is 1.65. The van der Waals surface area contributed by atoms with Crippen molar-refractivity contribution in [3.05, 3.63) is 34.8 Å². The summed E-state index contributed by atoms with van der Waals surface area (Å²) < 4.78 is 13.9. The monoisotopic (exact) mass is 208 g/mol. The minimum absolute atomic E-state index is 0.176. The Labute approximate surface area is 90.1 Å². The Morgan fingerprint density at radius 2 is 2.00 bits per heavy atom. The number of hydrogen-bond donors (Lipinski definition) is 2. The van der Waals surface area contributed by atoms with Gasteiger partial charge in [0.1, 0.15) is 5.83 Å². The van der Waals surface area contributed by atoms with E-state index < -0.39 is 0 Å². The molecule has 2 N–H and O–H groups in total. The lowest BCUT2D eigenvalue weighted by Crippen LogP contribution is -2.20. The molecular weight excluding hydrogens is 191 g/mol. The Balaban J connectivity index is 3.34. The van der Waals surface area contributed by atoms with Gasteiger partial charge in [-0.05, 0) is 24.5 Å². The Hall–Kier alpha value is -1.38. The van der Waals surface area contributed by atoms with E-state index >= 15 is 0 Å². The largest absolute Gasteiger partial charge is 0.391 e. The third-order valence-electron chi connectivity index (χ3n) is 2.45. The smallest absolute Gasteiger partial charge is 0.137 e. The van der Waals surface area contributed by atoms with E-state index in [4.69, 9.17) is 5.41 Å². The first kappa shape index (κ1) is 11.7. The van der Waals surface area contributed by atoms with Gasteiger partial charge in [0.25, 0.3) is 0 Å². The zero-order valence-corrected chi connectivity index (χ0v) is 9.61. The van der Waals surface area contributed by atoms with Crippen molar-refractivity contribution >= 4 is 5.71 Å². The van der Waals surface area contributed by atoms with Crippen molar-refractivity contribution in [1.29, 1.82) is 5.41 Å². The molecule has 0 unspecified atom stereocenters. The van der Waals surface area contributed by atoms with Crippen LogP contribution in [-0.4, -0.2) is 12.8 Å². The summed E-state index contributed by atoms with van der Waals surface area (Å²) in [6.45, 7) is 5.67. The second-order valence-electron chi connectivity index (χ2n) is 3.94. The number of nitrogens with one attached hydrogen (secondary N) is 2. The first-order chi connectivity index (χ1) is 6.99. The lowest BCUT2D eigenvalue weighted by molar-refractivity contribution is 0.625. The van der Waals surface area contributed by atoms with Gasteiger partial charge in [0.2, 0.25) is 0 Å². The van der Waals surface area contributed by atoms with E-state index in [0.29, 0.717) is 11.1 Å². The van der Waals surface area contributed by atoms with Gasteiger partial charge in [-0.2, -0.15) is 0 Å². The summed E-state index contributed by atoms with van der Waals surface area (Å²) >= 11 is 0. The SMILES string of the molecule is CN/C(=C1\C(=N)C=CC(C)=C1F)C(C)C. The van der Waals surface area contributed by atoms with Gasteiger partial charge in [0.15, 0.2) is 0 Å². The van der Waals surface area contributed by atoms with E-state index in [-0.39, 0.29) is 17.5 Å². The fourth-order valence-electron chi connectivity index (χ4n) is 1.65. The van der Waals surface area contributed by atoms with Crippen molar-refractivity contribution in [1.82, 2.24) is 5.32 Å². The minimum Gasteiger partial charge on any atom is -0.391 e. The average Bonchev–Trinajstić information content (AvgIpc) is 2.18. The quantitative estimate of drug-likeness (QED) is 0.719. The molecular formula is C12H17FN2. The summed E-state index contributed by atoms with van der Waals surface area (Å²) in [5.41, 5.74) is 1.99. The van der Waals surface area contributed by atoms with E-state index in [9.17, 15) is 4.39 Å². The zero-order chi connectivity index (χ0) is 11.6. The number of rotatable bonds is 2. The van der Waals surface area contributed by atoms with Crippen LogP contribution in [0.25, 0.3) is 0 Å². The molecule has 0 saturated carbocycles. The predicted octanol–water partition coefficient (Wildman–Crippen LogP) is 2.95. The van der Waals surface area contributed by atoms with Crippen LogP contribution in [0, 0.1) is 11.3 Å². The number of hydrogen-bond acceptors (Lipinski definition) is 2. The normalized spacial score (nSPS) is 20.0. The summed E-state index contributed by atoms with van der Waals surface area (Å²) in [4.78, 5) is 0. The maximum atomic E-state index is 13.9. The first-order valence-electron chi connectivity index (χ1n) is 5.04. The predicted molar refractivity (Wildman–Crippen MR) is 61.6 cm³/mol. The van der Waals surface area contributed by atoms with Crippen molar-refractivity contribution < 1.29 is 4.39 Å². The van der Waals surface area contributed by atoms with Gasteiger partial charge in [-0.3, -0.25) is 0 Å². The van der Waals surface area contributed by atoms with E-state index in [1.54, 1.807) is 26.1 Å². The summed E-state index contributed by atoms with van der Waals surface area (Å²) in [5.74, 6) is -0.115. The molecule has 1 aliphatic carbocycles. The first-order valence-corrected chi connectivity index (χ1v) is 5.04. The van der Waals surface area contributed by atoms with Crippen molar-refractivity contribution in [2.24, 2.45) is 5.92 Å². The molecule has 0 fully saturated rings. The highest BCUT2D eigenvalue weighted by Gasteiger charge is 2.21. The maximum absolute atomic E-state index is 13.9. The molecule has 2 nitrogen and oxygen atoms in total. The highest BCUT2D eigenvalue weighted by atomic mass is 19.1. The van der Waals surface area contributed by atoms with Crippen LogP contribution >= 0.6 is 0 Å². The molecule has 0 aromatic rings. The lowest BCUT2D eigenvalue weighted by atomic mass is 9.93. The standard InChI is InChI=1S/C12H17FN2/c1-7(2)12(15-4)10-9(14)6-5-8(3)11(10)13/h5-7,14-15H,1-4H3/b12-10+,14-9?. The van der Waals surface area contributed by atoms with Crippen LogP contribution in [0.4, 0.5) is 4.39 Å². The molecule has 15 heavy (non-hydrogen) atoms. The molecule has 0 amide bonds. The molecule has 0 spiro atoms. The minimum atomic E-state index is -0.291. The average molecular weight is 208 g/mol. The molecule has 0 aliphatic heterocycles. The van der Waals surface area contributed by atoms with Crippen LogP contribution in [-0.2, 0) is 0 Å². The highest BCUT2D eigenvalue weighted by Crippen LogP contribution is 2.27. The molecule has 0 radical (unpaired) electrons. The zero-order valence-electron chi connectivity index (χ0n) is 9.61. The Morgan fingerprint density at radius 3 is 2.47 bits per heavy atom. The van der Waals surface area contributed by atoms with Crippen molar-refractivity contribution in [2.75, 3.05) is 7.05 Å². The van der Waals surface area contributed by atoms with E-state index in [1.807, 2.05) is 13.8 Å². The van der Waals surface area contributed by atoms with Gasteiger partial charge in [-0.1, -0.05) is 19.9 Å². The topological polar surface area (TPSA) is 35.9 Å². The van der Waals surface area contributed by atoms with Gasteiger partial charge in [0.05, 0.1) is 11.3 Å². The second kappa shape index (κ2) is 4.43. The molecule has 0 aromatic carbocycles. The number of halogens is 1. The molecule has 3 heteroatoms. The summed E-state index contributed by atoms with van der Waals surface area (Å²) in [5, 5.41) is 10.7. The van der Waals surface area contributed by atoms with Gasteiger partial charge in [-0.15, -0.1) is 0 Å². The summed E-state index contributed by atoms with van der Waals surface area (Å²) in [6.07, 6.45) is 3.27. The summed E-state index contributed by atoms with van der Waals surface area (Å²) in [6, 6.07) is 0. The summed E-state index contributed by atoms with van der Waals surface area (Å²) in [7, 11) is 1.76. The van der Waals surface area contributed by atoms with Gasteiger partial charge >= 0.3 is 0 Å². The van der Waals surface area contributed by atoms with Gasteiger partial charge < -0.3 is 10.7 Å². The highest BCUT2D eigenvalue weighted by molar-refractivity contribution is 6.11. The van der Waals surface area contributed by atoms with E-state index in [1.165, 1.54) is 0 Å². The fraction of sp³-hybridized carbons (Fsp3) is 0.417. The van der Waals surface area contributed by atoms with Crippen LogP contribution in [0.2, 0.25) is 0 Å². The van der Waals surface area contributed by atoms with Crippen LogP contribution in [0.1, 0.15) is 20.8 Å². The molecule has 1 rings (SSSR count). The molecule has 0 bridgehead atoms. The molecule has 0 heterocycles. The molecule has 82 valence electrons. The second-order valence-corrected chi connectivity index (χ2v) is 3.94.